The van der Waals surface area contributed by atoms with E-state index in [1.54, 1.807) is 0 Å². The second kappa shape index (κ2) is 10.6. The largest absolute Gasteiger partial charge is 0.493 e. The Bertz CT molecular complexity index is 875. The fourth-order valence-electron chi connectivity index (χ4n) is 3.52. The predicted octanol–water partition coefficient (Wildman–Crippen LogP) is 3.62. The summed E-state index contributed by atoms with van der Waals surface area (Å²) in [6.45, 7) is 7.33. The van der Waals surface area contributed by atoms with Crippen molar-refractivity contribution in [2.45, 2.75) is 20.3 Å². The van der Waals surface area contributed by atoms with Crippen molar-refractivity contribution in [1.29, 1.82) is 0 Å². The Morgan fingerprint density at radius 1 is 1.03 bits per heavy atom. The summed E-state index contributed by atoms with van der Waals surface area (Å²) in [5.74, 6) is 0.816. The zero-order valence-corrected chi connectivity index (χ0v) is 19.1. The second-order valence-electron chi connectivity index (χ2n) is 7.53. The molecule has 0 unspecified atom stereocenters. The molecule has 0 saturated carbocycles. The average Bonchev–Trinajstić information content (AvgIpc) is 2.71. The molecular weight excluding hydrogens is 446 g/mol. The summed E-state index contributed by atoms with van der Waals surface area (Å²) in [5, 5.41) is 3.03. The molecular formula is C23H28BrN3O3. The first-order valence-electron chi connectivity index (χ1n) is 10.2. The lowest BCUT2D eigenvalue weighted by Gasteiger charge is -2.34. The van der Waals surface area contributed by atoms with Gasteiger partial charge in [-0.3, -0.25) is 14.5 Å². The molecule has 6 nitrogen and oxygen atoms in total. The number of anilines is 1. The Labute approximate surface area is 186 Å². The van der Waals surface area contributed by atoms with Gasteiger partial charge in [-0.05, 0) is 43.2 Å². The van der Waals surface area contributed by atoms with Gasteiger partial charge in [0, 0.05) is 36.3 Å². The number of ether oxygens (including phenoxy) is 1. The van der Waals surface area contributed by atoms with E-state index in [1.165, 1.54) is 0 Å². The molecule has 0 spiro atoms. The van der Waals surface area contributed by atoms with Gasteiger partial charge in [-0.15, -0.1) is 0 Å². The molecule has 7 heteroatoms. The molecule has 3 rings (SSSR count). The summed E-state index contributed by atoms with van der Waals surface area (Å²) in [6, 6.07) is 13.6. The van der Waals surface area contributed by atoms with Gasteiger partial charge in [0.2, 0.25) is 11.8 Å². The van der Waals surface area contributed by atoms with E-state index >= 15 is 0 Å². The number of amides is 2. The number of rotatable bonds is 7. The van der Waals surface area contributed by atoms with Gasteiger partial charge in [0.25, 0.3) is 0 Å². The molecule has 0 aliphatic carbocycles. The summed E-state index contributed by atoms with van der Waals surface area (Å²) in [7, 11) is 0. The fourth-order valence-corrected chi connectivity index (χ4v) is 3.90. The van der Waals surface area contributed by atoms with E-state index in [-0.39, 0.29) is 11.8 Å². The predicted molar refractivity (Wildman–Crippen MR) is 122 cm³/mol. The van der Waals surface area contributed by atoms with Crippen LogP contribution in [-0.2, 0) is 9.59 Å². The number of benzene rings is 2. The Balaban J connectivity index is 1.38. The lowest BCUT2D eigenvalue weighted by molar-refractivity contribution is -0.133. The molecule has 1 aliphatic rings. The number of carbonyl (C=O) groups excluding carboxylic acids is 2. The van der Waals surface area contributed by atoms with Crippen LogP contribution < -0.4 is 10.1 Å². The number of carbonyl (C=O) groups is 2. The molecule has 1 fully saturated rings. The maximum atomic E-state index is 12.4. The first kappa shape index (κ1) is 22.3. The minimum Gasteiger partial charge on any atom is -0.493 e. The van der Waals surface area contributed by atoms with Crippen molar-refractivity contribution in [3.8, 4) is 5.75 Å². The van der Waals surface area contributed by atoms with E-state index in [1.807, 2.05) is 61.2 Å². The Hall–Kier alpha value is -2.38. The monoisotopic (exact) mass is 473 g/mol. The molecule has 160 valence electrons. The van der Waals surface area contributed by atoms with E-state index in [0.29, 0.717) is 45.8 Å². The number of nitrogens with zero attached hydrogens (tertiary/aromatic N) is 2. The Morgan fingerprint density at radius 2 is 1.70 bits per heavy atom. The number of hydrogen-bond acceptors (Lipinski definition) is 4. The summed E-state index contributed by atoms with van der Waals surface area (Å²) in [4.78, 5) is 28.8. The van der Waals surface area contributed by atoms with Crippen molar-refractivity contribution in [1.82, 2.24) is 9.80 Å². The van der Waals surface area contributed by atoms with E-state index < -0.39 is 0 Å². The second-order valence-corrected chi connectivity index (χ2v) is 8.44. The van der Waals surface area contributed by atoms with Crippen LogP contribution in [0.5, 0.6) is 5.75 Å². The SMILES string of the molecule is Cc1cccc(C)c1NC(=O)CN1CCN(C(=O)CCOc2cccc(Br)c2)CC1. The lowest BCUT2D eigenvalue weighted by atomic mass is 10.1. The molecule has 0 atom stereocenters. The van der Waals surface area contributed by atoms with Crippen LogP contribution >= 0.6 is 15.9 Å². The standard InChI is InChI=1S/C23H28BrN3O3/c1-17-5-3-6-18(2)23(17)25-21(28)16-26-10-12-27(13-11-26)22(29)9-14-30-20-8-4-7-19(24)15-20/h3-8,15H,9-14,16H2,1-2H3,(H,25,28). The van der Waals surface area contributed by atoms with Gasteiger partial charge in [-0.25, -0.2) is 0 Å². The van der Waals surface area contributed by atoms with Gasteiger partial charge < -0.3 is 15.0 Å². The highest BCUT2D eigenvalue weighted by Gasteiger charge is 2.22. The molecule has 2 aromatic carbocycles. The number of para-hydroxylation sites is 1. The van der Waals surface area contributed by atoms with E-state index in [9.17, 15) is 9.59 Å². The van der Waals surface area contributed by atoms with Crippen LogP contribution in [0, 0.1) is 13.8 Å². The fraction of sp³-hybridized carbons (Fsp3) is 0.391. The highest BCUT2D eigenvalue weighted by atomic mass is 79.9. The zero-order valence-electron chi connectivity index (χ0n) is 17.5. The van der Waals surface area contributed by atoms with Gasteiger partial charge in [-0.1, -0.05) is 40.2 Å². The first-order valence-corrected chi connectivity index (χ1v) is 11.0. The molecule has 2 amide bonds. The Kier molecular flexibility index (Phi) is 7.87. The number of hydrogen-bond donors (Lipinski definition) is 1. The van der Waals surface area contributed by atoms with E-state index in [4.69, 9.17) is 4.74 Å². The molecule has 0 aromatic heterocycles. The minimum absolute atomic E-state index is 0.0189. The molecule has 0 bridgehead atoms. The van der Waals surface area contributed by atoms with E-state index in [2.05, 4.69) is 26.1 Å². The van der Waals surface area contributed by atoms with Crippen LogP contribution in [0.4, 0.5) is 5.69 Å². The van der Waals surface area contributed by atoms with Crippen LogP contribution in [0.25, 0.3) is 0 Å². The molecule has 2 aromatic rings. The van der Waals surface area contributed by atoms with Crippen molar-refractivity contribution in [3.05, 3.63) is 58.1 Å². The van der Waals surface area contributed by atoms with Crippen LogP contribution in [0.15, 0.2) is 46.9 Å². The maximum absolute atomic E-state index is 12.4. The van der Waals surface area contributed by atoms with Crippen molar-refractivity contribution in [2.75, 3.05) is 44.6 Å². The third-order valence-corrected chi connectivity index (χ3v) is 5.71. The number of nitrogens with one attached hydrogen (secondary N) is 1. The minimum atomic E-state index is -0.0189. The van der Waals surface area contributed by atoms with Crippen LogP contribution in [-0.4, -0.2) is 60.9 Å². The topological polar surface area (TPSA) is 61.9 Å². The van der Waals surface area contributed by atoms with Crippen LogP contribution in [0.2, 0.25) is 0 Å². The molecule has 1 N–H and O–H groups in total. The smallest absolute Gasteiger partial charge is 0.238 e. The van der Waals surface area contributed by atoms with Gasteiger partial charge in [0.15, 0.2) is 0 Å². The quantitative estimate of drug-likeness (QED) is 0.666. The van der Waals surface area contributed by atoms with Crippen LogP contribution in [0.3, 0.4) is 0 Å². The highest BCUT2D eigenvalue weighted by molar-refractivity contribution is 9.10. The average molecular weight is 474 g/mol. The summed E-state index contributed by atoms with van der Waals surface area (Å²) in [6.07, 6.45) is 0.347. The van der Waals surface area contributed by atoms with Crippen molar-refractivity contribution in [2.24, 2.45) is 0 Å². The summed E-state index contributed by atoms with van der Waals surface area (Å²) < 4.78 is 6.61. The molecule has 1 aliphatic heterocycles. The van der Waals surface area contributed by atoms with Crippen molar-refractivity contribution in [3.63, 3.8) is 0 Å². The number of piperazine rings is 1. The molecule has 0 radical (unpaired) electrons. The van der Waals surface area contributed by atoms with E-state index in [0.717, 1.165) is 27.0 Å². The normalized spacial score (nSPS) is 14.4. The van der Waals surface area contributed by atoms with Gasteiger partial charge in [-0.2, -0.15) is 0 Å². The summed E-state index contributed by atoms with van der Waals surface area (Å²) in [5.41, 5.74) is 3.01. The number of aryl methyl sites for hydroxylation is 2. The van der Waals surface area contributed by atoms with Gasteiger partial charge in [0.05, 0.1) is 19.6 Å². The zero-order chi connectivity index (χ0) is 21.5. The molecule has 1 heterocycles. The van der Waals surface area contributed by atoms with Crippen molar-refractivity contribution >= 4 is 33.4 Å². The lowest BCUT2D eigenvalue weighted by Crippen LogP contribution is -2.50. The number of halogens is 1. The molecule has 30 heavy (non-hydrogen) atoms. The molecule has 1 saturated heterocycles. The third kappa shape index (κ3) is 6.31. The first-order chi connectivity index (χ1) is 14.4. The van der Waals surface area contributed by atoms with Gasteiger partial charge in [0.1, 0.15) is 5.75 Å². The maximum Gasteiger partial charge on any atom is 0.238 e. The summed E-state index contributed by atoms with van der Waals surface area (Å²) >= 11 is 3.41. The highest BCUT2D eigenvalue weighted by Crippen LogP contribution is 2.20. The Morgan fingerprint density at radius 3 is 2.37 bits per heavy atom. The van der Waals surface area contributed by atoms with Crippen molar-refractivity contribution < 1.29 is 14.3 Å². The third-order valence-electron chi connectivity index (χ3n) is 5.22. The van der Waals surface area contributed by atoms with Crippen LogP contribution in [0.1, 0.15) is 17.5 Å². The van der Waals surface area contributed by atoms with Gasteiger partial charge >= 0.3 is 0 Å².